The third kappa shape index (κ3) is 7.36. The van der Waals surface area contributed by atoms with Gasteiger partial charge in [-0.3, -0.25) is 14.2 Å². The van der Waals surface area contributed by atoms with Gasteiger partial charge in [0.05, 0.1) is 36.7 Å². The van der Waals surface area contributed by atoms with Crippen molar-refractivity contribution in [1.82, 2.24) is 45.0 Å². The van der Waals surface area contributed by atoms with Crippen LogP contribution in [-0.4, -0.2) is 83.0 Å². The summed E-state index contributed by atoms with van der Waals surface area (Å²) >= 11 is 0. The topological polar surface area (TPSA) is 210 Å². The van der Waals surface area contributed by atoms with Crippen LogP contribution in [0.15, 0.2) is 67.3 Å². The summed E-state index contributed by atoms with van der Waals surface area (Å²) in [6, 6.07) is 10.2. The Bertz CT molecular complexity index is 2280. The molecule has 2 amide bonds. The van der Waals surface area contributed by atoms with E-state index in [1.54, 1.807) is 23.0 Å². The number of aryl methyl sites for hydroxylation is 2. The molecule has 4 heterocycles. The number of ether oxygens (including phenoxy) is 2. The highest BCUT2D eigenvalue weighted by Gasteiger charge is 2.22. The number of aromatic nitrogens is 9. The van der Waals surface area contributed by atoms with Crippen molar-refractivity contribution in [2.45, 2.75) is 19.3 Å². The Morgan fingerprint density at radius 1 is 0.765 bits per heavy atom. The predicted octanol–water partition coefficient (Wildman–Crippen LogP) is 3.03. The number of nitrogens with zero attached hydrogens (tertiary/aromatic N) is 9. The third-order valence-corrected chi connectivity index (χ3v) is 7.53. The first-order chi connectivity index (χ1) is 24.6. The largest absolute Gasteiger partial charge is 0.465 e. The molecule has 6 aromatic rings. The molecule has 0 atom stereocenters. The molecule has 0 fully saturated rings. The Kier molecular flexibility index (Phi) is 9.69. The highest BCUT2D eigenvalue weighted by Crippen LogP contribution is 2.27. The first-order valence-electron chi connectivity index (χ1n) is 15.0. The molecule has 0 bridgehead atoms. The van der Waals surface area contributed by atoms with Crippen molar-refractivity contribution in [3.05, 3.63) is 113 Å². The lowest BCUT2D eigenvalue weighted by Crippen LogP contribution is -2.19. The summed E-state index contributed by atoms with van der Waals surface area (Å²) in [6.07, 6.45) is 4.94. The van der Waals surface area contributed by atoms with Gasteiger partial charge in [-0.05, 0) is 89.3 Å². The number of amides is 2. The maximum Gasteiger partial charge on any atom is 0.340 e. The molecule has 0 saturated heterocycles. The second-order valence-electron chi connectivity index (χ2n) is 10.7. The second kappa shape index (κ2) is 14.6. The van der Waals surface area contributed by atoms with E-state index < -0.39 is 35.4 Å². The Labute approximate surface area is 285 Å². The van der Waals surface area contributed by atoms with E-state index >= 15 is 8.78 Å². The number of esters is 2. The number of fused-ring (bicyclic) bond motifs is 1. The molecule has 0 aliphatic rings. The van der Waals surface area contributed by atoms with Crippen LogP contribution in [0.1, 0.15) is 59.2 Å². The summed E-state index contributed by atoms with van der Waals surface area (Å²) in [5.41, 5.74) is -0.274. The average Bonchev–Trinajstić information content (AvgIpc) is 3.86. The number of benzene rings is 2. The van der Waals surface area contributed by atoms with Gasteiger partial charge in [0, 0.05) is 12.4 Å². The number of carbonyl (C=O) groups excluding carboxylic acids is 4. The number of rotatable bonds is 11. The van der Waals surface area contributed by atoms with Crippen molar-refractivity contribution in [2.24, 2.45) is 0 Å². The maximum absolute atomic E-state index is 15.3. The number of tetrazole rings is 1. The molecule has 0 aliphatic carbocycles. The molecule has 4 aromatic heterocycles. The van der Waals surface area contributed by atoms with Crippen molar-refractivity contribution in [2.75, 3.05) is 24.9 Å². The molecule has 19 heteroatoms. The van der Waals surface area contributed by atoms with Gasteiger partial charge in [0.15, 0.2) is 22.9 Å². The molecule has 0 radical (unpaired) electrons. The number of halogens is 2. The third-order valence-electron chi connectivity index (χ3n) is 7.53. The van der Waals surface area contributed by atoms with Gasteiger partial charge in [0.2, 0.25) is 0 Å². The Morgan fingerprint density at radius 2 is 1.37 bits per heavy atom. The fraction of sp³-hybridized carbons (Fsp3) is 0.156. The number of hydrogen-bond donors (Lipinski definition) is 2. The fourth-order valence-corrected chi connectivity index (χ4v) is 4.98. The first-order valence-corrected chi connectivity index (χ1v) is 15.0. The standard InChI is InChI=1S/C32H25F2N11O6/c1-50-31(48)19-14-21(33)17(12-25(19)36-29(46)23-6-8-27(39-38-23)44-11-10-35-16-44)4-3-5-18-13-26(20(15-22(18)34)32(49)51-2)37-30(47)24-7-9-28-40-42-43-45(28)41-24/h6-16H,3-5H2,1-2H3,(H,36,46)(H,37,47). The zero-order valence-electron chi connectivity index (χ0n) is 26.7. The van der Waals surface area contributed by atoms with Gasteiger partial charge in [0.25, 0.3) is 11.8 Å². The highest BCUT2D eigenvalue weighted by atomic mass is 19.1. The van der Waals surface area contributed by atoms with Crippen molar-refractivity contribution in [3.63, 3.8) is 0 Å². The van der Waals surface area contributed by atoms with Crippen LogP contribution in [-0.2, 0) is 22.3 Å². The van der Waals surface area contributed by atoms with Crippen LogP contribution in [0.25, 0.3) is 11.5 Å². The smallest absolute Gasteiger partial charge is 0.340 e. The lowest BCUT2D eigenvalue weighted by molar-refractivity contribution is 0.0592. The zero-order chi connectivity index (χ0) is 36.1. The van der Waals surface area contributed by atoms with Crippen LogP contribution in [0.3, 0.4) is 0 Å². The lowest BCUT2D eigenvalue weighted by Gasteiger charge is -2.14. The minimum absolute atomic E-state index is 0.0315. The van der Waals surface area contributed by atoms with E-state index in [-0.39, 0.29) is 64.3 Å². The molecule has 6 rings (SSSR count). The van der Waals surface area contributed by atoms with Gasteiger partial charge in [0.1, 0.15) is 18.0 Å². The predicted molar refractivity (Wildman–Crippen MR) is 171 cm³/mol. The van der Waals surface area contributed by atoms with Crippen LogP contribution in [0.5, 0.6) is 0 Å². The summed E-state index contributed by atoms with van der Waals surface area (Å²) in [5.74, 6) is -4.38. The Morgan fingerprint density at radius 3 is 1.92 bits per heavy atom. The summed E-state index contributed by atoms with van der Waals surface area (Å²) in [4.78, 5) is 54.9. The molecule has 17 nitrogen and oxygen atoms in total. The minimum Gasteiger partial charge on any atom is -0.465 e. The van der Waals surface area contributed by atoms with Gasteiger partial charge >= 0.3 is 11.9 Å². The molecular weight excluding hydrogens is 672 g/mol. The van der Waals surface area contributed by atoms with E-state index in [9.17, 15) is 19.2 Å². The number of carbonyl (C=O) groups is 4. The zero-order valence-corrected chi connectivity index (χ0v) is 26.7. The van der Waals surface area contributed by atoms with E-state index in [2.05, 4.69) is 46.4 Å². The van der Waals surface area contributed by atoms with Gasteiger partial charge in [-0.15, -0.1) is 25.0 Å². The molecular formula is C32H25F2N11O6. The molecule has 0 spiro atoms. The van der Waals surface area contributed by atoms with Crippen LogP contribution in [0.4, 0.5) is 20.2 Å². The number of hydrogen-bond acceptors (Lipinski definition) is 13. The van der Waals surface area contributed by atoms with Crippen molar-refractivity contribution in [3.8, 4) is 5.82 Å². The molecule has 2 N–H and O–H groups in total. The van der Waals surface area contributed by atoms with Crippen molar-refractivity contribution in [1.29, 1.82) is 0 Å². The SMILES string of the molecule is COC(=O)c1cc(F)c(CCCc2cc(NC(=O)c3ccc4nnnn4n3)c(C(=O)OC)cc2F)cc1NC(=O)c1ccc(-n2ccnc2)nn1. The molecule has 51 heavy (non-hydrogen) atoms. The number of nitrogens with one attached hydrogen (secondary N) is 2. The summed E-state index contributed by atoms with van der Waals surface area (Å²) < 4.78 is 42.7. The Balaban J connectivity index is 1.20. The summed E-state index contributed by atoms with van der Waals surface area (Å²) in [7, 11) is 2.22. The van der Waals surface area contributed by atoms with E-state index in [0.717, 1.165) is 31.0 Å². The second-order valence-corrected chi connectivity index (χ2v) is 10.7. The molecule has 0 aliphatic heterocycles. The van der Waals surface area contributed by atoms with Crippen LogP contribution in [0.2, 0.25) is 0 Å². The van der Waals surface area contributed by atoms with Gasteiger partial charge in [-0.2, -0.15) is 0 Å². The lowest BCUT2D eigenvalue weighted by atomic mass is 9.99. The number of methoxy groups -OCH3 is 2. The van der Waals surface area contributed by atoms with E-state index in [0.29, 0.717) is 11.5 Å². The molecule has 0 unspecified atom stereocenters. The van der Waals surface area contributed by atoms with E-state index in [1.165, 1.54) is 36.7 Å². The first kappa shape index (κ1) is 33.8. The number of imidazole rings is 1. The molecule has 258 valence electrons. The molecule has 2 aromatic carbocycles. The average molecular weight is 698 g/mol. The van der Waals surface area contributed by atoms with Gasteiger partial charge in [-0.1, -0.05) is 0 Å². The minimum atomic E-state index is -0.901. The monoisotopic (exact) mass is 697 g/mol. The van der Waals surface area contributed by atoms with Crippen molar-refractivity contribution < 1.29 is 37.4 Å². The highest BCUT2D eigenvalue weighted by molar-refractivity contribution is 6.08. The van der Waals surface area contributed by atoms with Crippen molar-refractivity contribution >= 4 is 40.8 Å². The summed E-state index contributed by atoms with van der Waals surface area (Å²) in [5, 5.41) is 27.9. The van der Waals surface area contributed by atoms with Gasteiger partial charge in [-0.25, -0.2) is 23.4 Å². The summed E-state index contributed by atoms with van der Waals surface area (Å²) in [6.45, 7) is 0. The normalized spacial score (nSPS) is 10.9. The van der Waals surface area contributed by atoms with Crippen LogP contribution >= 0.6 is 0 Å². The quantitative estimate of drug-likeness (QED) is 0.187. The van der Waals surface area contributed by atoms with E-state index in [1.807, 2.05) is 0 Å². The maximum atomic E-state index is 15.3. The Hall–Kier alpha value is -7.05. The van der Waals surface area contributed by atoms with E-state index in [4.69, 9.17) is 9.47 Å². The number of anilines is 2. The molecule has 0 saturated carbocycles. The van der Waals surface area contributed by atoms with Crippen LogP contribution in [0, 0.1) is 11.6 Å². The fourth-order valence-electron chi connectivity index (χ4n) is 4.98. The van der Waals surface area contributed by atoms with Gasteiger partial charge < -0.3 is 20.1 Å². The van der Waals surface area contributed by atoms with Crippen LogP contribution < -0.4 is 10.6 Å².